The van der Waals surface area contributed by atoms with Crippen molar-refractivity contribution in [2.45, 2.75) is 19.5 Å². The third kappa shape index (κ3) is 2.51. The Morgan fingerprint density at radius 1 is 1.65 bits per heavy atom. The number of furan rings is 1. The van der Waals surface area contributed by atoms with E-state index in [-0.39, 0.29) is 24.3 Å². The molecule has 0 aliphatic rings. The number of nitrogens with one attached hydrogen (secondary N) is 2. The van der Waals surface area contributed by atoms with E-state index >= 15 is 0 Å². The molecule has 2 heterocycles. The average molecular weight is 235 g/mol. The number of nitrogens with zero attached hydrogens (tertiary/aromatic N) is 2. The molecule has 7 nitrogen and oxygen atoms in total. The van der Waals surface area contributed by atoms with Crippen molar-refractivity contribution in [3.63, 3.8) is 0 Å². The van der Waals surface area contributed by atoms with Crippen LogP contribution in [0.3, 0.4) is 0 Å². The Labute approximate surface area is 97.4 Å². The van der Waals surface area contributed by atoms with Crippen LogP contribution in [0.1, 0.15) is 35.1 Å². The molecule has 1 amide bonds. The van der Waals surface area contributed by atoms with Crippen LogP contribution in [0.15, 0.2) is 22.9 Å². The number of carbonyl (C=O) groups is 1. The molecule has 2 rings (SSSR count). The van der Waals surface area contributed by atoms with Gasteiger partial charge in [-0.15, -0.1) is 0 Å². The Bertz CT molecular complexity index is 491. The maximum Gasteiger partial charge on any atom is 0.287 e. The molecule has 1 atom stereocenters. The summed E-state index contributed by atoms with van der Waals surface area (Å²) < 4.78 is 5.23. The molecule has 17 heavy (non-hydrogen) atoms. The summed E-state index contributed by atoms with van der Waals surface area (Å²) in [5, 5.41) is 9.13. The molecule has 0 spiro atoms. The highest BCUT2D eigenvalue weighted by molar-refractivity contribution is 5.91. The van der Waals surface area contributed by atoms with Gasteiger partial charge in [0.15, 0.2) is 5.76 Å². The molecular weight excluding hydrogens is 222 g/mol. The van der Waals surface area contributed by atoms with Gasteiger partial charge in [-0.1, -0.05) is 0 Å². The summed E-state index contributed by atoms with van der Waals surface area (Å²) in [4.78, 5) is 15.7. The van der Waals surface area contributed by atoms with E-state index in [1.807, 2.05) is 0 Å². The maximum atomic E-state index is 11.8. The highest BCUT2D eigenvalue weighted by atomic mass is 16.4. The van der Waals surface area contributed by atoms with Crippen LogP contribution in [0.4, 0.5) is 0 Å². The first kappa shape index (κ1) is 11.3. The topological polar surface area (TPSA) is 110 Å². The van der Waals surface area contributed by atoms with Crippen molar-refractivity contribution in [2.75, 3.05) is 0 Å². The van der Waals surface area contributed by atoms with Crippen molar-refractivity contribution >= 4 is 5.91 Å². The second kappa shape index (κ2) is 4.79. The van der Waals surface area contributed by atoms with Gasteiger partial charge >= 0.3 is 0 Å². The maximum absolute atomic E-state index is 11.8. The summed E-state index contributed by atoms with van der Waals surface area (Å²) in [6.45, 7) is 2.07. The quantitative estimate of drug-likeness (QED) is 0.708. The van der Waals surface area contributed by atoms with Gasteiger partial charge in [0.05, 0.1) is 12.6 Å². The van der Waals surface area contributed by atoms with E-state index < -0.39 is 0 Å². The molecule has 90 valence electrons. The zero-order valence-corrected chi connectivity index (χ0v) is 9.30. The number of hydrogen-bond acceptors (Lipinski definition) is 5. The van der Waals surface area contributed by atoms with Crippen molar-refractivity contribution in [1.29, 1.82) is 0 Å². The fraction of sp³-hybridized carbons (Fsp3) is 0.300. The number of H-pyrrole nitrogens is 1. The van der Waals surface area contributed by atoms with Crippen molar-refractivity contribution in [1.82, 2.24) is 20.5 Å². The van der Waals surface area contributed by atoms with E-state index in [1.165, 1.54) is 6.33 Å². The molecule has 7 heteroatoms. The third-order valence-electron chi connectivity index (χ3n) is 2.28. The minimum atomic E-state index is -0.311. The number of rotatable bonds is 4. The van der Waals surface area contributed by atoms with Gasteiger partial charge in [-0.05, 0) is 19.1 Å². The smallest absolute Gasteiger partial charge is 0.287 e. The molecule has 0 fully saturated rings. The van der Waals surface area contributed by atoms with E-state index in [0.29, 0.717) is 11.6 Å². The Morgan fingerprint density at radius 3 is 3.06 bits per heavy atom. The molecule has 0 bridgehead atoms. The Morgan fingerprint density at radius 2 is 2.47 bits per heavy atom. The summed E-state index contributed by atoms with van der Waals surface area (Å²) in [5.41, 5.74) is 5.39. The lowest BCUT2D eigenvalue weighted by Crippen LogP contribution is -2.27. The molecule has 2 aromatic heterocycles. The lowest BCUT2D eigenvalue weighted by Gasteiger charge is -2.09. The molecule has 0 aliphatic heterocycles. The summed E-state index contributed by atoms with van der Waals surface area (Å²) >= 11 is 0. The molecule has 0 aliphatic carbocycles. The number of aromatic nitrogens is 3. The summed E-state index contributed by atoms with van der Waals surface area (Å²) in [6, 6.07) is 3.00. The van der Waals surface area contributed by atoms with Crippen molar-refractivity contribution in [3.05, 3.63) is 35.8 Å². The number of hydrogen-bond donors (Lipinski definition) is 3. The highest BCUT2D eigenvalue weighted by Gasteiger charge is 2.16. The first-order valence-electron chi connectivity index (χ1n) is 5.15. The molecule has 0 saturated carbocycles. The van der Waals surface area contributed by atoms with Crippen LogP contribution in [-0.4, -0.2) is 21.1 Å². The van der Waals surface area contributed by atoms with Gasteiger partial charge < -0.3 is 15.5 Å². The van der Waals surface area contributed by atoms with Crippen molar-refractivity contribution in [2.24, 2.45) is 5.73 Å². The standard InChI is InChI=1S/C10H13N5O2/c1-6(9-12-5-13-15-9)14-10(16)8-3-2-7(4-11)17-8/h2-3,5-6H,4,11H2,1H3,(H,14,16)(H,12,13,15). The Kier molecular flexibility index (Phi) is 3.20. The first-order chi connectivity index (χ1) is 8.20. The van der Waals surface area contributed by atoms with Gasteiger partial charge in [0, 0.05) is 0 Å². The summed E-state index contributed by atoms with van der Waals surface area (Å²) in [7, 11) is 0. The van der Waals surface area contributed by atoms with Gasteiger partial charge in [0.25, 0.3) is 5.91 Å². The number of carbonyl (C=O) groups excluding carboxylic acids is 1. The molecular formula is C10H13N5O2. The van der Waals surface area contributed by atoms with Crippen LogP contribution >= 0.6 is 0 Å². The van der Waals surface area contributed by atoms with Gasteiger partial charge in [0.2, 0.25) is 0 Å². The van der Waals surface area contributed by atoms with Crippen LogP contribution in [0.5, 0.6) is 0 Å². The van der Waals surface area contributed by atoms with E-state index in [9.17, 15) is 4.79 Å². The lowest BCUT2D eigenvalue weighted by atomic mass is 10.3. The van der Waals surface area contributed by atoms with E-state index in [4.69, 9.17) is 10.2 Å². The first-order valence-corrected chi connectivity index (χ1v) is 5.15. The molecule has 0 radical (unpaired) electrons. The third-order valence-corrected chi connectivity index (χ3v) is 2.28. The van der Waals surface area contributed by atoms with Gasteiger partial charge in [-0.3, -0.25) is 9.89 Å². The predicted molar refractivity (Wildman–Crippen MR) is 58.9 cm³/mol. The monoisotopic (exact) mass is 235 g/mol. The van der Waals surface area contributed by atoms with Gasteiger partial charge in [0.1, 0.15) is 17.9 Å². The Balaban J connectivity index is 2.01. The van der Waals surface area contributed by atoms with Crippen LogP contribution in [0, 0.1) is 0 Å². The molecule has 0 aromatic carbocycles. The lowest BCUT2D eigenvalue weighted by molar-refractivity contribution is 0.0908. The molecule has 2 aromatic rings. The normalized spacial score (nSPS) is 12.4. The average Bonchev–Trinajstić information content (AvgIpc) is 3.00. The Hall–Kier alpha value is -2.15. The predicted octanol–water partition coefficient (Wildman–Crippen LogP) is 0.347. The van der Waals surface area contributed by atoms with Crippen LogP contribution < -0.4 is 11.1 Å². The second-order valence-electron chi connectivity index (χ2n) is 3.54. The molecule has 0 saturated heterocycles. The zero-order chi connectivity index (χ0) is 12.3. The highest BCUT2D eigenvalue weighted by Crippen LogP contribution is 2.10. The largest absolute Gasteiger partial charge is 0.455 e. The van der Waals surface area contributed by atoms with Crippen LogP contribution in [0.2, 0.25) is 0 Å². The summed E-state index contributed by atoms with van der Waals surface area (Å²) in [6.07, 6.45) is 1.39. The van der Waals surface area contributed by atoms with Gasteiger partial charge in [-0.2, -0.15) is 5.10 Å². The van der Waals surface area contributed by atoms with Crippen LogP contribution in [0.25, 0.3) is 0 Å². The van der Waals surface area contributed by atoms with Crippen LogP contribution in [-0.2, 0) is 6.54 Å². The number of nitrogens with two attached hydrogens (primary N) is 1. The summed E-state index contributed by atoms with van der Waals surface area (Å²) in [5.74, 6) is 1.08. The molecule has 1 unspecified atom stereocenters. The molecule has 4 N–H and O–H groups in total. The fourth-order valence-corrected chi connectivity index (χ4v) is 1.37. The van der Waals surface area contributed by atoms with E-state index in [2.05, 4.69) is 20.5 Å². The van der Waals surface area contributed by atoms with Gasteiger partial charge in [-0.25, -0.2) is 4.98 Å². The van der Waals surface area contributed by atoms with Crippen molar-refractivity contribution < 1.29 is 9.21 Å². The SMILES string of the molecule is CC(NC(=O)c1ccc(CN)o1)c1ncn[nH]1. The fourth-order valence-electron chi connectivity index (χ4n) is 1.37. The minimum absolute atomic E-state index is 0.233. The minimum Gasteiger partial charge on any atom is -0.455 e. The van der Waals surface area contributed by atoms with Crippen molar-refractivity contribution in [3.8, 4) is 0 Å². The van der Waals surface area contributed by atoms with E-state index in [0.717, 1.165) is 0 Å². The zero-order valence-electron chi connectivity index (χ0n) is 9.30. The number of amides is 1. The second-order valence-corrected chi connectivity index (χ2v) is 3.54. The number of aromatic amines is 1. The van der Waals surface area contributed by atoms with E-state index in [1.54, 1.807) is 19.1 Å².